The van der Waals surface area contributed by atoms with E-state index in [1.807, 2.05) is 20.8 Å². The second kappa shape index (κ2) is 7.13. The van der Waals surface area contributed by atoms with E-state index in [2.05, 4.69) is 9.97 Å². The van der Waals surface area contributed by atoms with E-state index in [9.17, 15) is 9.00 Å². The van der Waals surface area contributed by atoms with Crippen LogP contribution in [0.5, 0.6) is 0 Å². The van der Waals surface area contributed by atoms with Crippen LogP contribution in [0.1, 0.15) is 39.2 Å². The molecule has 2 rings (SSSR count). The first-order valence-electron chi connectivity index (χ1n) is 7.55. The third-order valence-electron chi connectivity index (χ3n) is 3.40. The van der Waals surface area contributed by atoms with Gasteiger partial charge in [-0.05, 0) is 40.5 Å². The third-order valence-corrected chi connectivity index (χ3v) is 5.33. The van der Waals surface area contributed by atoms with Crippen LogP contribution in [0, 0.1) is 6.92 Å². The number of aryl methyl sites for hydroxylation is 1. The van der Waals surface area contributed by atoms with Gasteiger partial charge in [0.1, 0.15) is 10.8 Å². The molecule has 0 bridgehead atoms. The van der Waals surface area contributed by atoms with E-state index < -0.39 is 16.4 Å². The molecule has 2 atom stereocenters. The first kappa shape index (κ1) is 18.1. The van der Waals surface area contributed by atoms with Crippen molar-refractivity contribution in [2.24, 2.45) is 0 Å². The van der Waals surface area contributed by atoms with E-state index in [0.717, 1.165) is 18.4 Å². The quantitative estimate of drug-likeness (QED) is 0.599. The predicted octanol–water partition coefficient (Wildman–Crippen LogP) is 2.95. The summed E-state index contributed by atoms with van der Waals surface area (Å²) < 4.78 is 18.0. The minimum atomic E-state index is -1.40. The Morgan fingerprint density at radius 2 is 2.17 bits per heavy atom. The number of hydrogen-bond acceptors (Lipinski definition) is 5. The maximum atomic E-state index is 12.7. The Balaban J connectivity index is 2.07. The molecule has 0 N–H and O–H groups in total. The van der Waals surface area contributed by atoms with Crippen LogP contribution in [0.2, 0.25) is 5.15 Å². The summed E-state index contributed by atoms with van der Waals surface area (Å²) in [6.07, 6.45) is 2.72. The molecule has 0 radical (unpaired) electrons. The number of halogens is 1. The van der Waals surface area contributed by atoms with Crippen molar-refractivity contribution in [3.05, 3.63) is 16.9 Å². The SMILES string of the molecule is Cc1cnc([S@@](=O)[C@H]2CCCN(C(=O)OC(C)(C)C)C2)nc1Cl. The molecule has 128 valence electrons. The highest BCUT2D eigenvalue weighted by Gasteiger charge is 2.31. The Kier molecular flexibility index (Phi) is 5.62. The van der Waals surface area contributed by atoms with Gasteiger partial charge in [0.15, 0.2) is 0 Å². The zero-order valence-corrected chi connectivity index (χ0v) is 15.4. The number of piperidine rings is 1. The van der Waals surface area contributed by atoms with Crippen LogP contribution in [-0.4, -0.2) is 49.1 Å². The van der Waals surface area contributed by atoms with Gasteiger partial charge in [0.2, 0.25) is 5.16 Å². The molecule has 0 spiro atoms. The number of likely N-dealkylation sites (tertiary alicyclic amines) is 1. The molecule has 23 heavy (non-hydrogen) atoms. The third kappa shape index (κ3) is 4.88. The van der Waals surface area contributed by atoms with E-state index in [1.54, 1.807) is 18.0 Å². The van der Waals surface area contributed by atoms with Crippen LogP contribution in [0.3, 0.4) is 0 Å². The van der Waals surface area contributed by atoms with Crippen LogP contribution < -0.4 is 0 Å². The number of carbonyl (C=O) groups excluding carboxylic acids is 1. The second-order valence-electron chi connectivity index (χ2n) is 6.61. The lowest BCUT2D eigenvalue weighted by Crippen LogP contribution is -2.46. The molecule has 1 aromatic rings. The van der Waals surface area contributed by atoms with Crippen LogP contribution in [-0.2, 0) is 15.5 Å². The van der Waals surface area contributed by atoms with Gasteiger partial charge in [0.05, 0.1) is 16.0 Å². The van der Waals surface area contributed by atoms with Crippen molar-refractivity contribution >= 4 is 28.5 Å². The molecule has 0 unspecified atom stereocenters. The lowest BCUT2D eigenvalue weighted by Gasteiger charge is -2.33. The first-order chi connectivity index (χ1) is 10.7. The molecular weight excluding hydrogens is 338 g/mol. The molecule has 1 amide bonds. The van der Waals surface area contributed by atoms with Crippen LogP contribution in [0.25, 0.3) is 0 Å². The fraction of sp³-hybridized carbons (Fsp3) is 0.667. The average molecular weight is 360 g/mol. The number of carbonyl (C=O) groups is 1. The number of nitrogens with zero attached hydrogens (tertiary/aromatic N) is 3. The molecular formula is C15H22ClN3O3S. The van der Waals surface area contributed by atoms with E-state index in [1.165, 1.54) is 0 Å². The maximum Gasteiger partial charge on any atom is 0.410 e. The van der Waals surface area contributed by atoms with Gasteiger partial charge in [0.25, 0.3) is 0 Å². The zero-order chi connectivity index (χ0) is 17.2. The van der Waals surface area contributed by atoms with Crippen molar-refractivity contribution in [1.82, 2.24) is 14.9 Å². The van der Waals surface area contributed by atoms with Crippen LogP contribution >= 0.6 is 11.6 Å². The van der Waals surface area contributed by atoms with Crippen molar-refractivity contribution in [2.45, 2.75) is 56.5 Å². The van der Waals surface area contributed by atoms with Crippen molar-refractivity contribution in [1.29, 1.82) is 0 Å². The van der Waals surface area contributed by atoms with Gasteiger partial charge in [-0.25, -0.2) is 14.8 Å². The minimum absolute atomic E-state index is 0.213. The summed E-state index contributed by atoms with van der Waals surface area (Å²) in [5.74, 6) is 0. The summed E-state index contributed by atoms with van der Waals surface area (Å²) in [6.45, 7) is 8.25. The molecule has 0 saturated carbocycles. The minimum Gasteiger partial charge on any atom is -0.444 e. The smallest absolute Gasteiger partial charge is 0.410 e. The van der Waals surface area contributed by atoms with Crippen molar-refractivity contribution in [3.8, 4) is 0 Å². The van der Waals surface area contributed by atoms with Gasteiger partial charge in [-0.1, -0.05) is 11.6 Å². The molecule has 0 aromatic carbocycles. The Morgan fingerprint density at radius 1 is 1.48 bits per heavy atom. The first-order valence-corrected chi connectivity index (χ1v) is 9.14. The molecule has 6 nitrogen and oxygen atoms in total. The van der Waals surface area contributed by atoms with Gasteiger partial charge in [-0.2, -0.15) is 0 Å². The van der Waals surface area contributed by atoms with Crippen LogP contribution in [0.4, 0.5) is 4.79 Å². The Hall–Kier alpha value is -1.21. The standard InChI is InChI=1S/C15H22ClN3O3S/c1-10-8-17-13(18-12(10)16)23(21)11-6-5-7-19(9-11)14(20)22-15(2,3)4/h8,11H,5-7,9H2,1-4H3/t11-,23-/m0/s1. The Bertz CT molecular complexity index is 618. The lowest BCUT2D eigenvalue weighted by molar-refractivity contribution is 0.0219. The largest absolute Gasteiger partial charge is 0.444 e. The number of amides is 1. The van der Waals surface area contributed by atoms with Gasteiger partial charge in [0, 0.05) is 24.8 Å². The van der Waals surface area contributed by atoms with Gasteiger partial charge < -0.3 is 9.64 Å². The zero-order valence-electron chi connectivity index (χ0n) is 13.8. The number of ether oxygens (including phenoxy) is 1. The number of hydrogen-bond donors (Lipinski definition) is 0. The van der Waals surface area contributed by atoms with Gasteiger partial charge in [-0.3, -0.25) is 4.21 Å². The average Bonchev–Trinajstić information content (AvgIpc) is 2.48. The summed E-state index contributed by atoms with van der Waals surface area (Å²) in [6, 6.07) is 0. The molecule has 1 aliphatic heterocycles. The fourth-order valence-corrected chi connectivity index (χ4v) is 3.77. The summed E-state index contributed by atoms with van der Waals surface area (Å²) in [5.41, 5.74) is 0.197. The summed E-state index contributed by atoms with van der Waals surface area (Å²) in [5, 5.41) is 0.315. The molecule has 1 aliphatic rings. The molecule has 1 saturated heterocycles. The van der Waals surface area contributed by atoms with Gasteiger partial charge >= 0.3 is 6.09 Å². The highest BCUT2D eigenvalue weighted by molar-refractivity contribution is 7.85. The van der Waals surface area contributed by atoms with Gasteiger partial charge in [-0.15, -0.1) is 0 Å². The summed E-state index contributed by atoms with van der Waals surface area (Å²) >= 11 is 5.98. The molecule has 2 heterocycles. The van der Waals surface area contributed by atoms with E-state index in [0.29, 0.717) is 18.2 Å². The lowest BCUT2D eigenvalue weighted by atomic mass is 10.1. The monoisotopic (exact) mass is 359 g/mol. The number of rotatable bonds is 2. The Morgan fingerprint density at radius 3 is 2.78 bits per heavy atom. The second-order valence-corrected chi connectivity index (χ2v) is 8.60. The summed E-state index contributed by atoms with van der Waals surface area (Å²) in [7, 11) is -1.40. The van der Waals surface area contributed by atoms with E-state index in [4.69, 9.17) is 16.3 Å². The topological polar surface area (TPSA) is 72.4 Å². The molecule has 1 fully saturated rings. The van der Waals surface area contributed by atoms with E-state index >= 15 is 0 Å². The summed E-state index contributed by atoms with van der Waals surface area (Å²) in [4.78, 5) is 22.0. The maximum absolute atomic E-state index is 12.7. The van der Waals surface area contributed by atoms with E-state index in [-0.39, 0.29) is 16.5 Å². The Labute approximate surface area is 144 Å². The number of aromatic nitrogens is 2. The normalized spacial score (nSPS) is 20.2. The highest BCUT2D eigenvalue weighted by Crippen LogP contribution is 2.22. The predicted molar refractivity (Wildman–Crippen MR) is 89.0 cm³/mol. The molecule has 1 aromatic heterocycles. The van der Waals surface area contributed by atoms with Crippen molar-refractivity contribution in [3.63, 3.8) is 0 Å². The van der Waals surface area contributed by atoms with Crippen molar-refractivity contribution in [2.75, 3.05) is 13.1 Å². The van der Waals surface area contributed by atoms with Crippen molar-refractivity contribution < 1.29 is 13.7 Å². The molecule has 8 heteroatoms. The highest BCUT2D eigenvalue weighted by atomic mass is 35.5. The molecule has 0 aliphatic carbocycles. The fourth-order valence-electron chi connectivity index (χ4n) is 2.26. The van der Waals surface area contributed by atoms with Crippen LogP contribution in [0.15, 0.2) is 11.4 Å².